The second-order valence-corrected chi connectivity index (χ2v) is 3.82. The number of Topliss-reactive ketones (excluding diaryl/α,β-unsaturated/α-hetero) is 2. The summed E-state index contributed by atoms with van der Waals surface area (Å²) in [5.74, 6) is -1.85. The van der Waals surface area contributed by atoms with E-state index in [0.717, 1.165) is 6.29 Å². The summed E-state index contributed by atoms with van der Waals surface area (Å²) in [5, 5.41) is 9.00. The molecular formula is C12H18O5. The molecular weight excluding hydrogens is 224 g/mol. The van der Waals surface area contributed by atoms with Crippen molar-refractivity contribution >= 4 is 24.1 Å². The minimum absolute atomic E-state index is 0.0434. The zero-order valence-electron chi connectivity index (χ0n) is 9.76. The van der Waals surface area contributed by atoms with E-state index in [-0.39, 0.29) is 19.4 Å². The number of unbranched alkanes of at least 4 members (excludes halogenated alkanes) is 2. The highest BCUT2D eigenvalue weighted by Gasteiger charge is 2.23. The SMILES string of the molecule is O=CCCCC(=O)C(=O)C(CO)CCCC=O. The zero-order chi connectivity index (χ0) is 13.1. The Bertz CT molecular complexity index is 272. The van der Waals surface area contributed by atoms with E-state index in [1.54, 1.807) is 0 Å². The fourth-order valence-corrected chi connectivity index (χ4v) is 1.45. The lowest BCUT2D eigenvalue weighted by Gasteiger charge is -2.10. The molecule has 1 unspecified atom stereocenters. The summed E-state index contributed by atoms with van der Waals surface area (Å²) >= 11 is 0. The maximum absolute atomic E-state index is 11.6. The van der Waals surface area contributed by atoms with E-state index >= 15 is 0 Å². The molecule has 0 saturated carbocycles. The standard InChI is InChI=1S/C12H18O5/c13-7-3-1-5-10(9-15)12(17)11(16)6-2-4-8-14/h7-8,10,15H,1-6,9H2. The predicted octanol–water partition coefficient (Wildman–Crippen LogP) is 0.471. The van der Waals surface area contributed by atoms with E-state index in [1.807, 2.05) is 0 Å². The van der Waals surface area contributed by atoms with Gasteiger partial charge in [-0.3, -0.25) is 9.59 Å². The second kappa shape index (κ2) is 9.84. The molecule has 0 saturated heterocycles. The smallest absolute Gasteiger partial charge is 0.203 e. The van der Waals surface area contributed by atoms with Crippen LogP contribution in [0, 0.1) is 5.92 Å². The van der Waals surface area contributed by atoms with E-state index in [0.29, 0.717) is 32.0 Å². The van der Waals surface area contributed by atoms with Crippen LogP contribution in [-0.2, 0) is 19.2 Å². The first-order valence-electron chi connectivity index (χ1n) is 5.72. The average molecular weight is 242 g/mol. The Morgan fingerprint density at radius 1 is 1.06 bits per heavy atom. The van der Waals surface area contributed by atoms with Gasteiger partial charge in [-0.1, -0.05) is 0 Å². The van der Waals surface area contributed by atoms with Gasteiger partial charge < -0.3 is 14.7 Å². The lowest BCUT2D eigenvalue weighted by Crippen LogP contribution is -2.26. The summed E-state index contributed by atoms with van der Waals surface area (Å²) in [6.45, 7) is -0.378. The van der Waals surface area contributed by atoms with Crippen molar-refractivity contribution in [2.75, 3.05) is 6.61 Å². The minimum atomic E-state index is -0.710. The van der Waals surface area contributed by atoms with Crippen LogP contribution < -0.4 is 0 Å². The number of carbonyl (C=O) groups excluding carboxylic acids is 4. The molecule has 5 heteroatoms. The van der Waals surface area contributed by atoms with Gasteiger partial charge in [-0.05, 0) is 19.3 Å². The topological polar surface area (TPSA) is 88.5 Å². The van der Waals surface area contributed by atoms with Crippen LogP contribution >= 0.6 is 0 Å². The molecule has 0 amide bonds. The fourth-order valence-electron chi connectivity index (χ4n) is 1.45. The number of aliphatic hydroxyl groups excluding tert-OH is 1. The third-order valence-corrected chi connectivity index (χ3v) is 2.47. The van der Waals surface area contributed by atoms with Crippen molar-refractivity contribution in [2.24, 2.45) is 5.92 Å². The van der Waals surface area contributed by atoms with Crippen molar-refractivity contribution in [1.29, 1.82) is 0 Å². The molecule has 5 nitrogen and oxygen atoms in total. The van der Waals surface area contributed by atoms with Gasteiger partial charge in [-0.15, -0.1) is 0 Å². The number of rotatable bonds is 11. The highest BCUT2D eigenvalue weighted by atomic mass is 16.3. The number of hydrogen-bond donors (Lipinski definition) is 1. The van der Waals surface area contributed by atoms with Gasteiger partial charge in [0.2, 0.25) is 5.78 Å². The van der Waals surface area contributed by atoms with Crippen molar-refractivity contribution in [2.45, 2.75) is 38.5 Å². The van der Waals surface area contributed by atoms with Gasteiger partial charge in [0.1, 0.15) is 12.6 Å². The first-order chi connectivity index (χ1) is 8.17. The first-order valence-corrected chi connectivity index (χ1v) is 5.72. The summed E-state index contributed by atoms with van der Waals surface area (Å²) in [7, 11) is 0. The largest absolute Gasteiger partial charge is 0.396 e. The molecule has 0 rings (SSSR count). The van der Waals surface area contributed by atoms with Gasteiger partial charge >= 0.3 is 0 Å². The second-order valence-electron chi connectivity index (χ2n) is 3.82. The molecule has 0 heterocycles. The molecule has 0 aromatic rings. The van der Waals surface area contributed by atoms with Crippen LogP contribution in [0.3, 0.4) is 0 Å². The Balaban J connectivity index is 4.07. The maximum atomic E-state index is 11.6. The number of ketones is 2. The van der Waals surface area contributed by atoms with Crippen molar-refractivity contribution in [3.63, 3.8) is 0 Å². The van der Waals surface area contributed by atoms with Crippen LogP contribution in [0.2, 0.25) is 0 Å². The molecule has 1 atom stereocenters. The third-order valence-electron chi connectivity index (χ3n) is 2.47. The third kappa shape index (κ3) is 6.73. The Kier molecular flexibility index (Phi) is 9.05. The van der Waals surface area contributed by atoms with Crippen LogP contribution in [0.4, 0.5) is 0 Å². The van der Waals surface area contributed by atoms with Gasteiger partial charge in [0.25, 0.3) is 0 Å². The van der Waals surface area contributed by atoms with Crippen LogP contribution in [0.5, 0.6) is 0 Å². The van der Waals surface area contributed by atoms with Gasteiger partial charge in [0, 0.05) is 25.2 Å². The number of aliphatic hydroxyl groups is 1. The van der Waals surface area contributed by atoms with Crippen molar-refractivity contribution < 1.29 is 24.3 Å². The fraction of sp³-hybridized carbons (Fsp3) is 0.667. The van der Waals surface area contributed by atoms with Crippen LogP contribution in [-0.4, -0.2) is 35.9 Å². The highest BCUT2D eigenvalue weighted by Crippen LogP contribution is 2.11. The molecule has 0 spiro atoms. The van der Waals surface area contributed by atoms with E-state index in [4.69, 9.17) is 5.11 Å². The summed E-state index contributed by atoms with van der Waals surface area (Å²) < 4.78 is 0. The molecule has 0 radical (unpaired) electrons. The maximum Gasteiger partial charge on any atom is 0.203 e. The Hall–Kier alpha value is -1.36. The quantitative estimate of drug-likeness (QED) is 0.323. The van der Waals surface area contributed by atoms with Gasteiger partial charge in [-0.25, -0.2) is 0 Å². The molecule has 0 bridgehead atoms. The Labute approximate surface area is 100 Å². The summed E-state index contributed by atoms with van der Waals surface area (Å²) in [5.41, 5.74) is 0. The molecule has 0 fully saturated rings. The van der Waals surface area contributed by atoms with Gasteiger partial charge in [0.15, 0.2) is 5.78 Å². The molecule has 0 aromatic carbocycles. The average Bonchev–Trinajstić information content (AvgIpc) is 2.34. The number of carbonyl (C=O) groups is 4. The summed E-state index contributed by atoms with van der Waals surface area (Å²) in [6.07, 6.45) is 3.26. The molecule has 0 aliphatic rings. The van der Waals surface area contributed by atoms with Gasteiger partial charge in [-0.2, -0.15) is 0 Å². The van der Waals surface area contributed by atoms with E-state index in [2.05, 4.69) is 0 Å². The summed E-state index contributed by atoms with van der Waals surface area (Å²) in [6, 6.07) is 0. The van der Waals surface area contributed by atoms with Crippen molar-refractivity contribution in [3.8, 4) is 0 Å². The van der Waals surface area contributed by atoms with Crippen molar-refractivity contribution in [3.05, 3.63) is 0 Å². The summed E-state index contributed by atoms with van der Waals surface area (Å²) in [4.78, 5) is 43.1. The number of hydrogen-bond acceptors (Lipinski definition) is 5. The van der Waals surface area contributed by atoms with Crippen molar-refractivity contribution in [1.82, 2.24) is 0 Å². The monoisotopic (exact) mass is 242 g/mol. The molecule has 0 aliphatic heterocycles. The molecule has 0 aliphatic carbocycles. The van der Waals surface area contributed by atoms with Crippen LogP contribution in [0.25, 0.3) is 0 Å². The number of aldehydes is 2. The molecule has 0 aromatic heterocycles. The van der Waals surface area contributed by atoms with Crippen LogP contribution in [0.1, 0.15) is 38.5 Å². The Morgan fingerprint density at radius 2 is 1.65 bits per heavy atom. The molecule has 96 valence electrons. The predicted molar refractivity (Wildman–Crippen MR) is 60.4 cm³/mol. The van der Waals surface area contributed by atoms with Crippen LogP contribution in [0.15, 0.2) is 0 Å². The first kappa shape index (κ1) is 15.6. The van der Waals surface area contributed by atoms with E-state index in [1.165, 1.54) is 0 Å². The van der Waals surface area contributed by atoms with E-state index < -0.39 is 17.5 Å². The van der Waals surface area contributed by atoms with Gasteiger partial charge in [0.05, 0.1) is 6.61 Å². The highest BCUT2D eigenvalue weighted by molar-refractivity contribution is 6.37. The molecule has 1 N–H and O–H groups in total. The minimum Gasteiger partial charge on any atom is -0.396 e. The lowest BCUT2D eigenvalue weighted by atomic mass is 9.94. The normalized spacial score (nSPS) is 11.8. The zero-order valence-corrected chi connectivity index (χ0v) is 9.76. The van der Waals surface area contributed by atoms with E-state index in [9.17, 15) is 19.2 Å². The Morgan fingerprint density at radius 3 is 2.18 bits per heavy atom. The lowest BCUT2D eigenvalue weighted by molar-refractivity contribution is -0.140. The molecule has 17 heavy (non-hydrogen) atoms.